The van der Waals surface area contributed by atoms with Gasteiger partial charge in [-0.2, -0.15) is 0 Å². The van der Waals surface area contributed by atoms with Crippen LogP contribution in [-0.2, 0) is 23.1 Å². The Bertz CT molecular complexity index is 1160. The van der Waals surface area contributed by atoms with Gasteiger partial charge in [0, 0.05) is 46.3 Å². The maximum Gasteiger partial charge on any atom is 0.262 e. The second-order valence-corrected chi connectivity index (χ2v) is 8.18. The molecule has 5 rings (SSSR count). The van der Waals surface area contributed by atoms with Crippen molar-refractivity contribution in [2.45, 2.75) is 6.54 Å². The fourth-order valence-corrected chi connectivity index (χ4v) is 4.40. The van der Waals surface area contributed by atoms with Gasteiger partial charge in [0.1, 0.15) is 0 Å². The van der Waals surface area contributed by atoms with E-state index in [-0.39, 0.29) is 11.5 Å². The van der Waals surface area contributed by atoms with Gasteiger partial charge in [-0.1, -0.05) is 12.1 Å². The predicted octanol–water partition coefficient (Wildman–Crippen LogP) is -0.442. The third-order valence-corrected chi connectivity index (χ3v) is 6.25. The molecule has 0 spiro atoms. The number of piperazine rings is 1. The zero-order valence-corrected chi connectivity index (χ0v) is 17.7. The van der Waals surface area contributed by atoms with E-state index in [2.05, 4.69) is 20.0 Å². The summed E-state index contributed by atoms with van der Waals surface area (Å²) in [6.45, 7) is 7.12. The molecule has 2 aliphatic rings. The largest absolute Gasteiger partial charge is 0.379 e. The fraction of sp³-hybridized carbons (Fsp3) is 0.524. The van der Waals surface area contributed by atoms with Gasteiger partial charge in [0.25, 0.3) is 5.56 Å². The number of carbonyl (C=O) groups excluding carboxylic acids is 1. The number of benzene rings is 1. The standard InChI is InChI=1S/C21H27N7O3/c1-24-20(30)16-4-2-3-5-17(16)28-18(22-23-21(24)28)14-25-6-8-27(9-7-25)19(29)15-26-10-12-31-13-11-26/h2-5H,6-15H2,1H3. The zero-order chi connectivity index (χ0) is 21.4. The number of fused-ring (bicyclic) bond motifs is 3. The topological polar surface area (TPSA) is 88.2 Å². The Morgan fingerprint density at radius 3 is 2.52 bits per heavy atom. The van der Waals surface area contributed by atoms with Gasteiger partial charge in [0.15, 0.2) is 5.82 Å². The molecule has 0 N–H and O–H groups in total. The summed E-state index contributed by atoms with van der Waals surface area (Å²) >= 11 is 0. The molecule has 2 saturated heterocycles. The first-order chi connectivity index (χ1) is 15.1. The van der Waals surface area contributed by atoms with Gasteiger partial charge in [0.2, 0.25) is 11.7 Å². The van der Waals surface area contributed by atoms with Crippen molar-refractivity contribution < 1.29 is 9.53 Å². The van der Waals surface area contributed by atoms with Gasteiger partial charge in [-0.25, -0.2) is 0 Å². The molecule has 3 aromatic rings. The summed E-state index contributed by atoms with van der Waals surface area (Å²) in [5, 5.41) is 9.31. The quantitative estimate of drug-likeness (QED) is 0.560. The number of hydrogen-bond acceptors (Lipinski definition) is 7. The van der Waals surface area contributed by atoms with Crippen molar-refractivity contribution in [1.29, 1.82) is 0 Å². The number of aryl methyl sites for hydroxylation is 1. The van der Waals surface area contributed by atoms with Crippen LogP contribution in [0, 0.1) is 0 Å². The van der Waals surface area contributed by atoms with Crippen molar-refractivity contribution in [1.82, 2.24) is 33.9 Å². The number of amides is 1. The second-order valence-electron chi connectivity index (χ2n) is 8.18. The maximum atomic E-state index is 12.6. The van der Waals surface area contributed by atoms with Crippen LogP contribution in [0.1, 0.15) is 5.82 Å². The first kappa shape index (κ1) is 20.1. The number of carbonyl (C=O) groups is 1. The molecular weight excluding hydrogens is 398 g/mol. The van der Waals surface area contributed by atoms with Crippen LogP contribution in [0.25, 0.3) is 16.7 Å². The number of nitrogens with zero attached hydrogens (tertiary/aromatic N) is 7. The first-order valence-electron chi connectivity index (χ1n) is 10.7. The van der Waals surface area contributed by atoms with Gasteiger partial charge in [-0.15, -0.1) is 10.2 Å². The molecule has 4 heterocycles. The second kappa shape index (κ2) is 8.37. The lowest BCUT2D eigenvalue weighted by atomic mass is 10.2. The summed E-state index contributed by atoms with van der Waals surface area (Å²) in [6, 6.07) is 7.55. The lowest BCUT2D eigenvalue weighted by Gasteiger charge is -2.36. The highest BCUT2D eigenvalue weighted by atomic mass is 16.5. The first-order valence-corrected chi connectivity index (χ1v) is 10.7. The molecule has 1 aromatic carbocycles. The van der Waals surface area contributed by atoms with E-state index >= 15 is 0 Å². The van der Waals surface area contributed by atoms with E-state index in [1.54, 1.807) is 11.6 Å². The number of aromatic nitrogens is 4. The van der Waals surface area contributed by atoms with E-state index in [1.165, 1.54) is 0 Å². The van der Waals surface area contributed by atoms with Crippen LogP contribution in [0.15, 0.2) is 29.1 Å². The van der Waals surface area contributed by atoms with Crippen LogP contribution in [0.3, 0.4) is 0 Å². The van der Waals surface area contributed by atoms with Gasteiger partial charge < -0.3 is 9.64 Å². The number of morpholine rings is 1. The monoisotopic (exact) mass is 425 g/mol. The minimum absolute atomic E-state index is 0.0746. The van der Waals surface area contributed by atoms with Crippen LogP contribution >= 0.6 is 0 Å². The van der Waals surface area contributed by atoms with Crippen molar-refractivity contribution in [2.75, 3.05) is 59.0 Å². The smallest absolute Gasteiger partial charge is 0.262 e. The Balaban J connectivity index is 1.28. The Labute approximate surface area is 179 Å². The van der Waals surface area contributed by atoms with Crippen LogP contribution in [-0.4, -0.2) is 98.8 Å². The number of hydrogen-bond donors (Lipinski definition) is 0. The molecule has 0 radical (unpaired) electrons. The molecule has 31 heavy (non-hydrogen) atoms. The Kier molecular flexibility index (Phi) is 5.43. The predicted molar refractivity (Wildman–Crippen MR) is 115 cm³/mol. The van der Waals surface area contributed by atoms with Gasteiger partial charge in [-0.05, 0) is 12.1 Å². The third-order valence-electron chi connectivity index (χ3n) is 6.25. The molecule has 0 atom stereocenters. The van der Waals surface area contributed by atoms with E-state index in [4.69, 9.17) is 4.74 Å². The lowest BCUT2D eigenvalue weighted by Crippen LogP contribution is -2.52. The average molecular weight is 425 g/mol. The van der Waals surface area contributed by atoms with Crippen LogP contribution in [0.5, 0.6) is 0 Å². The molecule has 0 aliphatic carbocycles. The van der Waals surface area contributed by atoms with Gasteiger partial charge in [0.05, 0.1) is 37.2 Å². The highest BCUT2D eigenvalue weighted by Crippen LogP contribution is 2.16. The molecule has 2 aromatic heterocycles. The third kappa shape index (κ3) is 3.82. The summed E-state index contributed by atoms with van der Waals surface area (Å²) in [5.74, 6) is 1.53. The van der Waals surface area contributed by atoms with Gasteiger partial charge in [-0.3, -0.25) is 28.4 Å². The Morgan fingerprint density at radius 1 is 1.00 bits per heavy atom. The average Bonchev–Trinajstić information content (AvgIpc) is 3.22. The van der Waals surface area contributed by atoms with E-state index in [1.807, 2.05) is 33.6 Å². The summed E-state index contributed by atoms with van der Waals surface area (Å²) in [7, 11) is 1.72. The Morgan fingerprint density at radius 2 is 1.74 bits per heavy atom. The number of rotatable bonds is 4. The van der Waals surface area contributed by atoms with Crippen LogP contribution in [0.2, 0.25) is 0 Å². The van der Waals surface area contributed by atoms with E-state index in [9.17, 15) is 9.59 Å². The van der Waals surface area contributed by atoms with E-state index < -0.39 is 0 Å². The molecule has 164 valence electrons. The van der Waals surface area contributed by atoms with Crippen LogP contribution in [0.4, 0.5) is 0 Å². The van der Waals surface area contributed by atoms with Crippen molar-refractivity contribution in [3.05, 3.63) is 40.4 Å². The maximum absolute atomic E-state index is 12.6. The zero-order valence-electron chi connectivity index (χ0n) is 17.7. The van der Waals surface area contributed by atoms with Crippen molar-refractivity contribution in [3.63, 3.8) is 0 Å². The molecule has 0 bridgehead atoms. The molecule has 0 unspecified atom stereocenters. The molecule has 1 amide bonds. The minimum atomic E-state index is -0.0746. The SMILES string of the molecule is Cn1c(=O)c2ccccc2n2c(CN3CCN(C(=O)CN4CCOCC4)CC3)nnc12. The molecule has 2 fully saturated rings. The molecule has 0 saturated carbocycles. The highest BCUT2D eigenvalue weighted by molar-refractivity contribution is 5.80. The van der Waals surface area contributed by atoms with Crippen molar-refractivity contribution in [2.24, 2.45) is 7.05 Å². The molecule has 10 nitrogen and oxygen atoms in total. The van der Waals surface area contributed by atoms with Crippen molar-refractivity contribution >= 4 is 22.6 Å². The minimum Gasteiger partial charge on any atom is -0.379 e. The highest BCUT2D eigenvalue weighted by Gasteiger charge is 2.25. The number of para-hydroxylation sites is 1. The normalized spacial score (nSPS) is 18.8. The summed E-state index contributed by atoms with van der Waals surface area (Å²) in [4.78, 5) is 31.7. The summed E-state index contributed by atoms with van der Waals surface area (Å²) in [5.41, 5.74) is 0.745. The summed E-state index contributed by atoms with van der Waals surface area (Å²) < 4.78 is 8.86. The van der Waals surface area contributed by atoms with E-state index in [0.717, 1.165) is 37.5 Å². The Hall–Kier alpha value is -2.82. The van der Waals surface area contributed by atoms with Crippen LogP contribution < -0.4 is 5.56 Å². The van der Waals surface area contributed by atoms with E-state index in [0.29, 0.717) is 50.6 Å². The summed E-state index contributed by atoms with van der Waals surface area (Å²) in [6.07, 6.45) is 0. The lowest BCUT2D eigenvalue weighted by molar-refractivity contribution is -0.135. The van der Waals surface area contributed by atoms with Crippen molar-refractivity contribution in [3.8, 4) is 0 Å². The molecule has 10 heteroatoms. The molecule has 2 aliphatic heterocycles. The van der Waals surface area contributed by atoms with Gasteiger partial charge >= 0.3 is 0 Å². The fourth-order valence-electron chi connectivity index (χ4n) is 4.40. The number of ether oxygens (including phenoxy) is 1. The molecular formula is C21H27N7O3.